The number of alkyl halides is 3. The minimum absolute atomic E-state index is 0. The van der Waals surface area contributed by atoms with Crippen molar-refractivity contribution in [3.05, 3.63) is 0 Å². The molecule has 0 aliphatic carbocycles. The van der Waals surface area contributed by atoms with Gasteiger partial charge in [0.05, 0.1) is 0 Å². The van der Waals surface area contributed by atoms with Crippen molar-refractivity contribution in [1.82, 2.24) is 0 Å². The van der Waals surface area contributed by atoms with Crippen LogP contribution >= 0.6 is 34.8 Å². The van der Waals surface area contributed by atoms with E-state index < -0.39 is 4.30 Å². The van der Waals surface area contributed by atoms with Gasteiger partial charge in [-0.25, -0.2) is 0 Å². The molecule has 0 saturated carbocycles. The van der Waals surface area contributed by atoms with Gasteiger partial charge in [-0.15, -0.1) is 0 Å². The van der Waals surface area contributed by atoms with E-state index in [0.29, 0.717) is 0 Å². The average molecular weight is 241 g/mol. The molecule has 0 N–H and O–H groups in total. The Morgan fingerprint density at radius 1 is 1.00 bits per heavy atom. The quantitative estimate of drug-likeness (QED) is 0.446. The van der Waals surface area contributed by atoms with Gasteiger partial charge in [-0.3, -0.25) is 0 Å². The van der Waals surface area contributed by atoms with Gasteiger partial charge in [-0.2, -0.15) is 0 Å². The molecule has 0 heterocycles. The van der Waals surface area contributed by atoms with Crippen LogP contribution in [-0.4, -0.2) is 28.7 Å². The van der Waals surface area contributed by atoms with Crippen molar-refractivity contribution in [2.75, 3.05) is 0 Å². The van der Waals surface area contributed by atoms with Crippen LogP contribution in [0, 0.1) is 0 Å². The Bertz CT molecular complexity index is 11.6. The normalized spacial score (nSPS) is 7.20. The first-order valence-corrected chi connectivity index (χ1v) is 1.96. The summed E-state index contributed by atoms with van der Waals surface area (Å²) in [6.07, 6.45) is 0. The predicted octanol–water partition coefficient (Wildman–Crippen LogP) is 1.61. The van der Waals surface area contributed by atoms with Crippen molar-refractivity contribution in [2.24, 2.45) is 0 Å². The van der Waals surface area contributed by atoms with Crippen molar-refractivity contribution < 1.29 is 0 Å². The molecule has 0 saturated heterocycles. The molecule has 0 rings (SSSR count). The van der Waals surface area contributed by atoms with Crippen LogP contribution in [0.15, 0.2) is 0 Å². The third-order valence-electron chi connectivity index (χ3n) is 0. The van der Waals surface area contributed by atoms with Crippen LogP contribution in [0.5, 0.6) is 0 Å². The second-order valence-corrected chi connectivity index (χ2v) is 2.23. The molecular weight excluding hydrogens is 240 g/mol. The Labute approximate surface area is 63.2 Å². The summed E-state index contributed by atoms with van der Waals surface area (Å²) in [5.41, 5.74) is 0. The first kappa shape index (κ1) is 9.85. The van der Waals surface area contributed by atoms with Gasteiger partial charge in [0.25, 0.3) is 0 Å². The summed E-state index contributed by atoms with van der Waals surface area (Å²) in [4.78, 5) is 0. The van der Waals surface area contributed by atoms with E-state index in [0.717, 1.165) is 0 Å². The summed E-state index contributed by atoms with van der Waals surface area (Å²) in [5.74, 6) is 0. The Kier molecular flexibility index (Phi) is 11.2. The zero-order chi connectivity index (χ0) is 3.58. The molecule has 0 aliphatic heterocycles. The molecule has 0 aliphatic rings. The Hall–Kier alpha value is 1.69. The van der Waals surface area contributed by atoms with E-state index in [-0.39, 0.29) is 24.4 Å². The Morgan fingerprint density at radius 2 is 1.00 bits per heavy atom. The van der Waals surface area contributed by atoms with Gasteiger partial charge in [0.15, 0.2) is 4.30 Å². The smallest absolute Gasteiger partial charge is 0.0874 e. The number of halogens is 3. The summed E-state index contributed by atoms with van der Waals surface area (Å²) in [7, 11) is 0. The second kappa shape index (κ2) is 5.69. The molecule has 0 aromatic heterocycles. The van der Waals surface area contributed by atoms with Crippen molar-refractivity contribution in [3.63, 3.8) is 0 Å². The third kappa shape index (κ3) is 27.1. The van der Waals surface area contributed by atoms with E-state index in [1.165, 1.54) is 0 Å². The van der Waals surface area contributed by atoms with E-state index in [9.17, 15) is 0 Å². The van der Waals surface area contributed by atoms with E-state index in [1.54, 1.807) is 0 Å². The van der Waals surface area contributed by atoms with Crippen LogP contribution in [0.25, 0.3) is 0 Å². The summed E-state index contributed by atoms with van der Waals surface area (Å²) in [5, 5.41) is 0. The van der Waals surface area contributed by atoms with Crippen molar-refractivity contribution in [2.45, 2.75) is 4.30 Å². The summed E-state index contributed by atoms with van der Waals surface area (Å²) >= 11 is 14.4. The van der Waals surface area contributed by atoms with Crippen LogP contribution in [0.4, 0.5) is 0 Å². The SMILES string of the molecule is ClC(Cl)Cl.[Sb]. The molecule has 0 amide bonds. The number of hydrogen-bond acceptors (Lipinski definition) is 0. The van der Waals surface area contributed by atoms with Crippen LogP contribution in [0.3, 0.4) is 0 Å². The fraction of sp³-hybridized carbons (Fsp3) is 1.00. The zero-order valence-corrected chi connectivity index (χ0v) is 6.98. The standard InChI is InChI=1S/CHCl3.Sb/c2-1(3)4;/h1H;. The Balaban J connectivity index is 0. The summed E-state index contributed by atoms with van der Waals surface area (Å²) in [6, 6.07) is 0. The van der Waals surface area contributed by atoms with Crippen LogP contribution in [0.2, 0.25) is 0 Å². The maximum absolute atomic E-state index is 4.81. The molecule has 0 unspecified atom stereocenters. The molecule has 0 bridgehead atoms. The minimum Gasteiger partial charge on any atom is -0.0874 e. The molecule has 3 radical (unpaired) electrons. The van der Waals surface area contributed by atoms with Gasteiger partial charge in [0.2, 0.25) is 0 Å². The fourth-order valence-corrected chi connectivity index (χ4v) is 0. The zero-order valence-electron chi connectivity index (χ0n) is 2.16. The minimum atomic E-state index is -0.750. The fourth-order valence-electron chi connectivity index (χ4n) is 0. The topological polar surface area (TPSA) is 0 Å². The largest absolute Gasteiger partial charge is 0.180 e. The molecule has 5 heavy (non-hydrogen) atoms. The predicted molar refractivity (Wildman–Crippen MR) is 27.1 cm³/mol. The van der Waals surface area contributed by atoms with Crippen LogP contribution in [0.1, 0.15) is 0 Å². The third-order valence-corrected chi connectivity index (χ3v) is 0. The van der Waals surface area contributed by atoms with E-state index in [4.69, 9.17) is 34.8 Å². The molecule has 0 aromatic carbocycles. The number of hydrogen-bond donors (Lipinski definition) is 0. The number of rotatable bonds is 0. The van der Waals surface area contributed by atoms with Gasteiger partial charge >= 0.3 is 0 Å². The molecule has 0 spiro atoms. The average Bonchev–Trinajstić information content (AvgIpc) is 0.811. The monoisotopic (exact) mass is 239 g/mol. The molecule has 0 nitrogen and oxygen atoms in total. The Morgan fingerprint density at radius 3 is 1.00 bits per heavy atom. The summed E-state index contributed by atoms with van der Waals surface area (Å²) in [6.45, 7) is 0. The van der Waals surface area contributed by atoms with Crippen LogP contribution < -0.4 is 0 Å². The van der Waals surface area contributed by atoms with Crippen molar-refractivity contribution >= 4 is 59.2 Å². The molecule has 0 atom stereocenters. The molecular formula is CHCl3Sb. The van der Waals surface area contributed by atoms with E-state index in [1.807, 2.05) is 0 Å². The van der Waals surface area contributed by atoms with Gasteiger partial charge in [-0.05, 0) is 0 Å². The van der Waals surface area contributed by atoms with Gasteiger partial charge in [0.1, 0.15) is 0 Å². The molecule has 31 valence electrons. The molecule has 0 aromatic rings. The van der Waals surface area contributed by atoms with Gasteiger partial charge < -0.3 is 0 Å². The second-order valence-electron chi connectivity index (χ2n) is 0.247. The van der Waals surface area contributed by atoms with Crippen molar-refractivity contribution in [1.29, 1.82) is 0 Å². The van der Waals surface area contributed by atoms with Gasteiger partial charge in [0, 0.05) is 24.4 Å². The van der Waals surface area contributed by atoms with Crippen LogP contribution in [-0.2, 0) is 0 Å². The molecule has 0 fully saturated rings. The maximum atomic E-state index is 4.81. The maximum Gasteiger partial charge on any atom is 0.180 e. The first-order valence-electron chi connectivity index (χ1n) is 0.655. The first-order chi connectivity index (χ1) is 1.73. The van der Waals surface area contributed by atoms with Gasteiger partial charge in [-0.1, -0.05) is 34.8 Å². The van der Waals surface area contributed by atoms with E-state index >= 15 is 0 Å². The van der Waals surface area contributed by atoms with E-state index in [2.05, 4.69) is 0 Å². The summed E-state index contributed by atoms with van der Waals surface area (Å²) < 4.78 is -0.750. The molecule has 4 heteroatoms. The van der Waals surface area contributed by atoms with Crippen molar-refractivity contribution in [3.8, 4) is 0 Å².